The first-order chi connectivity index (χ1) is 22.3. The molecule has 210 valence electrons. The van der Waals surface area contributed by atoms with E-state index in [9.17, 15) is 0 Å². The topological polar surface area (TPSA) is 12.9 Å². The molecule has 2 heterocycles. The van der Waals surface area contributed by atoms with Crippen LogP contribution in [0.2, 0.25) is 0 Å². The minimum Gasteiger partial charge on any atom is -0.247 e. The van der Waals surface area contributed by atoms with Gasteiger partial charge in [0, 0.05) is 47.5 Å². The van der Waals surface area contributed by atoms with E-state index in [-0.39, 0.29) is 0 Å². The lowest BCUT2D eigenvalue weighted by Gasteiger charge is -2.16. The second-order valence-corrected chi connectivity index (χ2v) is 12.6. The summed E-state index contributed by atoms with van der Waals surface area (Å²) in [4.78, 5) is 5.31. The van der Waals surface area contributed by atoms with Crippen LogP contribution in [0, 0.1) is 0 Å². The van der Waals surface area contributed by atoms with E-state index in [4.69, 9.17) is 4.98 Å². The van der Waals surface area contributed by atoms with E-state index in [1.165, 1.54) is 69.7 Å². The van der Waals surface area contributed by atoms with Crippen LogP contribution < -0.4 is 0 Å². The fourth-order valence-electron chi connectivity index (χ4n) is 6.74. The van der Waals surface area contributed by atoms with Crippen molar-refractivity contribution in [2.45, 2.75) is 0 Å². The quantitative estimate of drug-likeness (QED) is 0.186. The molecule has 0 N–H and O–H groups in total. The van der Waals surface area contributed by atoms with Crippen molar-refractivity contribution in [3.8, 4) is 44.6 Å². The summed E-state index contributed by atoms with van der Waals surface area (Å²) in [5.74, 6) is 0. The Morgan fingerprint density at radius 2 is 0.911 bits per heavy atom. The molecule has 9 aromatic rings. The van der Waals surface area contributed by atoms with Crippen LogP contribution in [0.15, 0.2) is 164 Å². The molecule has 0 aliphatic heterocycles. The maximum absolute atomic E-state index is 5.31. The maximum atomic E-state index is 5.31. The van der Waals surface area contributed by atoms with Crippen LogP contribution in [0.3, 0.4) is 0 Å². The van der Waals surface area contributed by atoms with E-state index < -0.39 is 0 Å². The van der Waals surface area contributed by atoms with Crippen molar-refractivity contribution in [2.75, 3.05) is 0 Å². The fraction of sp³-hybridized carbons (Fsp3) is 0. The Labute approximate surface area is 265 Å². The van der Waals surface area contributed by atoms with E-state index in [1.807, 2.05) is 11.3 Å². The van der Waals surface area contributed by atoms with Gasteiger partial charge in [-0.15, -0.1) is 11.3 Å². The van der Waals surface area contributed by atoms with E-state index in [2.05, 4.69) is 164 Å². The van der Waals surface area contributed by atoms with Gasteiger partial charge in [0.2, 0.25) is 0 Å². The van der Waals surface area contributed by atoms with Crippen LogP contribution in [0.25, 0.3) is 86.5 Å². The molecule has 0 amide bonds. The van der Waals surface area contributed by atoms with Gasteiger partial charge in [0.05, 0.1) is 11.2 Å². The van der Waals surface area contributed by atoms with Gasteiger partial charge in [0.25, 0.3) is 0 Å². The fourth-order valence-corrected chi connectivity index (χ4v) is 7.99. The molecule has 0 atom stereocenters. The van der Waals surface area contributed by atoms with E-state index in [0.29, 0.717) is 0 Å². The molecule has 0 aliphatic carbocycles. The van der Waals surface area contributed by atoms with E-state index in [0.717, 1.165) is 16.8 Å². The van der Waals surface area contributed by atoms with Crippen LogP contribution in [-0.4, -0.2) is 4.98 Å². The lowest BCUT2D eigenvalue weighted by molar-refractivity contribution is 1.43. The number of thiophene rings is 1. The number of benzene rings is 7. The summed E-state index contributed by atoms with van der Waals surface area (Å²) >= 11 is 1.89. The molecule has 45 heavy (non-hydrogen) atoms. The van der Waals surface area contributed by atoms with Gasteiger partial charge in [-0.3, -0.25) is 0 Å². The molecule has 0 saturated heterocycles. The molecule has 0 aliphatic rings. The molecule has 9 rings (SSSR count). The van der Waals surface area contributed by atoms with Gasteiger partial charge in [-0.25, -0.2) is 4.98 Å². The minimum atomic E-state index is 1.02. The predicted octanol–water partition coefficient (Wildman–Crippen LogP) is 12.4. The summed E-state index contributed by atoms with van der Waals surface area (Å²) in [6.07, 6.45) is 0. The van der Waals surface area contributed by atoms with Crippen molar-refractivity contribution in [2.24, 2.45) is 0 Å². The summed E-state index contributed by atoms with van der Waals surface area (Å²) in [5, 5.41) is 6.25. The lowest BCUT2D eigenvalue weighted by atomic mass is 9.89. The van der Waals surface area contributed by atoms with Crippen LogP contribution in [0.1, 0.15) is 0 Å². The molecule has 7 aromatic carbocycles. The first-order valence-corrected chi connectivity index (χ1v) is 16.1. The van der Waals surface area contributed by atoms with Crippen molar-refractivity contribution in [1.29, 1.82) is 0 Å². The molecular weight excluding hydrogens is 563 g/mol. The second-order valence-electron chi connectivity index (χ2n) is 11.5. The Balaban J connectivity index is 1.46. The normalized spacial score (nSPS) is 11.6. The third-order valence-corrected chi connectivity index (χ3v) is 10.0. The Bertz CT molecular complexity index is 2460. The van der Waals surface area contributed by atoms with Crippen LogP contribution in [-0.2, 0) is 0 Å². The third-order valence-electron chi connectivity index (χ3n) is 8.81. The molecule has 0 spiro atoms. The number of nitrogens with zero attached hydrogens (tertiary/aromatic N) is 1. The molecule has 0 saturated carbocycles. The number of para-hydroxylation sites is 1. The minimum absolute atomic E-state index is 1.02. The monoisotopic (exact) mass is 589 g/mol. The SMILES string of the molecule is c1ccc(-c2cc(-c3ccccc3)cc(-c3cc4c(-c5ccccc5)nc5ccccc5c4c4c3sc3ccccc34)c2)cc1. The summed E-state index contributed by atoms with van der Waals surface area (Å²) < 4.78 is 2.61. The molecule has 0 fully saturated rings. The molecule has 1 nitrogen and oxygen atoms in total. The smallest absolute Gasteiger partial charge is 0.0788 e. The predicted molar refractivity (Wildman–Crippen MR) is 194 cm³/mol. The van der Waals surface area contributed by atoms with Gasteiger partial charge in [-0.2, -0.15) is 0 Å². The highest BCUT2D eigenvalue weighted by molar-refractivity contribution is 7.26. The molecule has 2 aromatic heterocycles. The summed E-state index contributed by atoms with van der Waals surface area (Å²) in [7, 11) is 0. The van der Waals surface area contributed by atoms with Gasteiger partial charge in [0.15, 0.2) is 0 Å². The van der Waals surface area contributed by atoms with E-state index in [1.54, 1.807) is 0 Å². The average Bonchev–Trinajstić information content (AvgIpc) is 3.51. The summed E-state index contributed by atoms with van der Waals surface area (Å²) in [5.41, 5.74) is 10.5. The van der Waals surface area contributed by atoms with Crippen molar-refractivity contribution < 1.29 is 0 Å². The number of hydrogen-bond donors (Lipinski definition) is 0. The van der Waals surface area contributed by atoms with Gasteiger partial charge < -0.3 is 0 Å². The molecular formula is C43H27NS. The largest absolute Gasteiger partial charge is 0.247 e. The first-order valence-electron chi connectivity index (χ1n) is 15.3. The Hall–Kier alpha value is -5.57. The maximum Gasteiger partial charge on any atom is 0.0788 e. The highest BCUT2D eigenvalue weighted by atomic mass is 32.1. The molecule has 0 bridgehead atoms. The average molecular weight is 590 g/mol. The Kier molecular flexibility index (Phi) is 6.07. The molecule has 0 unspecified atom stereocenters. The first kappa shape index (κ1) is 25.9. The van der Waals surface area contributed by atoms with Crippen molar-refractivity contribution in [3.05, 3.63) is 164 Å². The molecule has 0 radical (unpaired) electrons. The van der Waals surface area contributed by atoms with Crippen LogP contribution >= 0.6 is 11.3 Å². The van der Waals surface area contributed by atoms with Crippen molar-refractivity contribution >= 4 is 53.2 Å². The zero-order valence-electron chi connectivity index (χ0n) is 24.4. The zero-order chi connectivity index (χ0) is 29.7. The summed E-state index contributed by atoms with van der Waals surface area (Å²) in [6, 6.07) is 59.0. The highest BCUT2D eigenvalue weighted by Crippen LogP contribution is 2.48. The van der Waals surface area contributed by atoms with E-state index >= 15 is 0 Å². The highest BCUT2D eigenvalue weighted by Gasteiger charge is 2.20. The number of fused-ring (bicyclic) bond motifs is 7. The van der Waals surface area contributed by atoms with Gasteiger partial charge in [-0.1, -0.05) is 127 Å². The Morgan fingerprint density at radius 1 is 0.378 bits per heavy atom. The molecule has 2 heteroatoms. The van der Waals surface area contributed by atoms with Crippen LogP contribution in [0.4, 0.5) is 0 Å². The van der Waals surface area contributed by atoms with Crippen molar-refractivity contribution in [1.82, 2.24) is 4.98 Å². The second kappa shape index (κ2) is 10.6. The standard InChI is InChI=1S/C43H27NS/c1-4-14-28(15-5-1)31-24-32(29-16-6-2-7-17-29)26-33(25-31)36-27-37-40(41-35-21-11-13-23-39(35)45-43(36)41)34-20-10-12-22-38(34)44-42(37)30-18-8-3-9-19-30/h1-27H. The summed E-state index contributed by atoms with van der Waals surface area (Å²) in [6.45, 7) is 0. The van der Waals surface area contributed by atoms with Gasteiger partial charge in [0.1, 0.15) is 0 Å². The van der Waals surface area contributed by atoms with Gasteiger partial charge in [-0.05, 0) is 64.2 Å². The number of hydrogen-bond acceptors (Lipinski definition) is 2. The van der Waals surface area contributed by atoms with Gasteiger partial charge >= 0.3 is 0 Å². The number of aromatic nitrogens is 1. The number of pyridine rings is 1. The lowest BCUT2D eigenvalue weighted by Crippen LogP contribution is -1.92. The third kappa shape index (κ3) is 4.34. The number of rotatable bonds is 4. The van der Waals surface area contributed by atoms with Crippen molar-refractivity contribution in [3.63, 3.8) is 0 Å². The zero-order valence-corrected chi connectivity index (χ0v) is 25.3. The Morgan fingerprint density at radius 3 is 1.58 bits per heavy atom. The van der Waals surface area contributed by atoms with Crippen LogP contribution in [0.5, 0.6) is 0 Å².